The fourth-order valence-corrected chi connectivity index (χ4v) is 3.89. The zero-order chi connectivity index (χ0) is 19.6. The Balaban J connectivity index is 1.69. The third-order valence-corrected chi connectivity index (χ3v) is 5.46. The molecule has 1 aliphatic rings. The van der Waals surface area contributed by atoms with Gasteiger partial charge in [-0.15, -0.1) is 0 Å². The van der Waals surface area contributed by atoms with Crippen molar-refractivity contribution in [2.75, 3.05) is 12.4 Å². The Bertz CT molecular complexity index is 935. The summed E-state index contributed by atoms with van der Waals surface area (Å²) in [6, 6.07) is 11.5. The van der Waals surface area contributed by atoms with Crippen molar-refractivity contribution in [3.63, 3.8) is 0 Å². The summed E-state index contributed by atoms with van der Waals surface area (Å²) in [6.07, 6.45) is 0.0327. The van der Waals surface area contributed by atoms with Crippen LogP contribution in [0.5, 0.6) is 0 Å². The molecule has 1 fully saturated rings. The van der Waals surface area contributed by atoms with E-state index in [1.165, 1.54) is 34.9 Å². The first kappa shape index (κ1) is 19.4. The molecule has 140 valence electrons. The molecule has 1 heterocycles. The molecule has 0 saturated carbocycles. The second-order valence-corrected chi connectivity index (χ2v) is 7.70. The summed E-state index contributed by atoms with van der Waals surface area (Å²) in [6.45, 7) is 1.94. The molecule has 2 aromatic carbocycles. The maximum absolute atomic E-state index is 13.3. The van der Waals surface area contributed by atoms with Gasteiger partial charge >= 0.3 is 0 Å². The average molecular weight is 406 g/mol. The van der Waals surface area contributed by atoms with Gasteiger partial charge in [0.05, 0.1) is 10.7 Å². The highest BCUT2D eigenvalue weighted by Crippen LogP contribution is 2.31. The van der Waals surface area contributed by atoms with Gasteiger partial charge in [-0.3, -0.25) is 14.5 Å². The molecule has 1 N–H and O–H groups in total. The van der Waals surface area contributed by atoms with Crippen LogP contribution in [-0.2, 0) is 9.59 Å². The van der Waals surface area contributed by atoms with Crippen LogP contribution in [0.25, 0.3) is 0 Å². The molecule has 0 spiro atoms. The Kier molecular flexibility index (Phi) is 5.82. The van der Waals surface area contributed by atoms with E-state index in [0.29, 0.717) is 16.5 Å². The third kappa shape index (κ3) is 4.67. The lowest BCUT2D eigenvalue weighted by molar-refractivity contribution is -0.127. The van der Waals surface area contributed by atoms with E-state index < -0.39 is 11.1 Å². The van der Waals surface area contributed by atoms with Crippen molar-refractivity contribution in [3.05, 3.63) is 58.9 Å². The molecule has 2 amide bonds. The molecule has 0 radical (unpaired) electrons. The molecule has 8 heteroatoms. The number of halogens is 2. The van der Waals surface area contributed by atoms with Crippen LogP contribution < -0.4 is 5.32 Å². The Morgan fingerprint density at radius 3 is 2.81 bits per heavy atom. The van der Waals surface area contributed by atoms with Crippen LogP contribution >= 0.6 is 23.4 Å². The van der Waals surface area contributed by atoms with Gasteiger partial charge in [-0.1, -0.05) is 35.5 Å². The van der Waals surface area contributed by atoms with Crippen LogP contribution in [0.3, 0.4) is 0 Å². The first-order valence-corrected chi connectivity index (χ1v) is 9.44. The minimum absolute atomic E-state index is 0.0327. The van der Waals surface area contributed by atoms with Gasteiger partial charge in [0.1, 0.15) is 11.1 Å². The number of anilines is 1. The molecular formula is C19H17ClFN3O2S. The second kappa shape index (κ2) is 8.10. The summed E-state index contributed by atoms with van der Waals surface area (Å²) in [7, 11) is 1.59. The maximum atomic E-state index is 13.3. The number of rotatable bonds is 4. The van der Waals surface area contributed by atoms with Gasteiger partial charge in [0, 0.05) is 19.2 Å². The zero-order valence-electron chi connectivity index (χ0n) is 14.7. The molecule has 2 aromatic rings. The lowest BCUT2D eigenvalue weighted by Gasteiger charge is -2.09. The molecule has 5 nitrogen and oxygen atoms in total. The van der Waals surface area contributed by atoms with Gasteiger partial charge in [0.2, 0.25) is 11.8 Å². The van der Waals surface area contributed by atoms with Crippen LogP contribution in [0.2, 0.25) is 5.02 Å². The Morgan fingerprint density at radius 1 is 1.33 bits per heavy atom. The summed E-state index contributed by atoms with van der Waals surface area (Å²) >= 11 is 6.97. The molecule has 1 aliphatic heterocycles. The Hall–Kier alpha value is -2.38. The number of hydrogen-bond acceptors (Lipinski definition) is 4. The van der Waals surface area contributed by atoms with Gasteiger partial charge in [-0.05, 0) is 42.8 Å². The highest BCUT2D eigenvalue weighted by atomic mass is 35.5. The minimum Gasteiger partial charge on any atom is -0.326 e. The fourth-order valence-electron chi connectivity index (χ4n) is 2.57. The van der Waals surface area contributed by atoms with Crippen LogP contribution in [0.1, 0.15) is 12.0 Å². The predicted molar refractivity (Wildman–Crippen MR) is 107 cm³/mol. The molecular weight excluding hydrogens is 389 g/mol. The van der Waals surface area contributed by atoms with Gasteiger partial charge in [-0.25, -0.2) is 9.38 Å². The molecule has 0 bridgehead atoms. The SMILES string of the molecule is Cc1cccc(NC(=O)CC2SC(=Nc3ccc(F)c(Cl)c3)N(C)C2=O)c1. The van der Waals surface area contributed by atoms with Gasteiger partial charge < -0.3 is 5.32 Å². The van der Waals surface area contributed by atoms with Crippen LogP contribution in [0.15, 0.2) is 47.5 Å². The molecule has 27 heavy (non-hydrogen) atoms. The van der Waals surface area contributed by atoms with Crippen molar-refractivity contribution in [2.45, 2.75) is 18.6 Å². The number of aryl methyl sites for hydroxylation is 1. The third-order valence-electron chi connectivity index (χ3n) is 3.94. The van der Waals surface area contributed by atoms with E-state index in [2.05, 4.69) is 10.3 Å². The summed E-state index contributed by atoms with van der Waals surface area (Å²) in [5, 5.41) is 2.64. The Labute approximate surface area is 165 Å². The number of carbonyl (C=O) groups is 2. The summed E-state index contributed by atoms with van der Waals surface area (Å²) in [4.78, 5) is 30.5. The van der Waals surface area contributed by atoms with Crippen molar-refractivity contribution in [2.24, 2.45) is 4.99 Å². The van der Waals surface area contributed by atoms with Crippen LogP contribution in [0.4, 0.5) is 15.8 Å². The molecule has 0 aliphatic carbocycles. The second-order valence-electron chi connectivity index (χ2n) is 6.12. The van der Waals surface area contributed by atoms with Gasteiger partial charge in [0.15, 0.2) is 5.17 Å². The van der Waals surface area contributed by atoms with E-state index in [0.717, 1.165) is 5.56 Å². The van der Waals surface area contributed by atoms with E-state index in [1.807, 2.05) is 25.1 Å². The summed E-state index contributed by atoms with van der Waals surface area (Å²) < 4.78 is 13.3. The maximum Gasteiger partial charge on any atom is 0.242 e. The first-order valence-electron chi connectivity index (χ1n) is 8.18. The fraction of sp³-hybridized carbons (Fsp3) is 0.211. The van der Waals surface area contributed by atoms with Gasteiger partial charge in [0.25, 0.3) is 0 Å². The largest absolute Gasteiger partial charge is 0.326 e. The van der Waals surface area contributed by atoms with Crippen molar-refractivity contribution in [3.8, 4) is 0 Å². The number of amidine groups is 1. The van der Waals surface area contributed by atoms with Crippen LogP contribution in [0, 0.1) is 12.7 Å². The molecule has 1 saturated heterocycles. The first-order chi connectivity index (χ1) is 12.8. The van der Waals surface area contributed by atoms with Crippen molar-refractivity contribution in [1.29, 1.82) is 0 Å². The minimum atomic E-state index is -0.561. The summed E-state index contributed by atoms with van der Waals surface area (Å²) in [5.74, 6) is -0.980. The number of benzene rings is 2. The highest BCUT2D eigenvalue weighted by Gasteiger charge is 2.37. The van der Waals surface area contributed by atoms with E-state index >= 15 is 0 Å². The lowest BCUT2D eigenvalue weighted by atomic mass is 10.2. The topological polar surface area (TPSA) is 61.8 Å². The Morgan fingerprint density at radius 2 is 2.11 bits per heavy atom. The predicted octanol–water partition coefficient (Wildman–Crippen LogP) is 4.38. The number of nitrogens with zero attached hydrogens (tertiary/aromatic N) is 2. The van der Waals surface area contributed by atoms with Crippen LogP contribution in [-0.4, -0.2) is 34.2 Å². The normalized spacial score (nSPS) is 18.2. The van der Waals surface area contributed by atoms with E-state index in [9.17, 15) is 14.0 Å². The number of thioether (sulfide) groups is 1. The number of carbonyl (C=O) groups excluding carboxylic acids is 2. The smallest absolute Gasteiger partial charge is 0.242 e. The molecule has 3 rings (SSSR count). The van der Waals surface area contributed by atoms with E-state index in [-0.39, 0.29) is 23.3 Å². The average Bonchev–Trinajstić information content (AvgIpc) is 2.86. The zero-order valence-corrected chi connectivity index (χ0v) is 16.3. The monoisotopic (exact) mass is 405 g/mol. The highest BCUT2D eigenvalue weighted by molar-refractivity contribution is 8.15. The lowest BCUT2D eigenvalue weighted by Crippen LogP contribution is -2.30. The van der Waals surface area contributed by atoms with Gasteiger partial charge in [-0.2, -0.15) is 0 Å². The number of amides is 2. The van der Waals surface area contributed by atoms with Crippen molar-refractivity contribution < 1.29 is 14.0 Å². The molecule has 1 atom stereocenters. The van der Waals surface area contributed by atoms with Crippen molar-refractivity contribution >= 4 is 51.7 Å². The van der Waals surface area contributed by atoms with E-state index in [1.54, 1.807) is 13.1 Å². The quantitative estimate of drug-likeness (QED) is 0.821. The van der Waals surface area contributed by atoms with Crippen molar-refractivity contribution in [1.82, 2.24) is 4.90 Å². The number of aliphatic imine (C=N–C) groups is 1. The number of hydrogen-bond donors (Lipinski definition) is 1. The standard InChI is InChI=1S/C19H17ClFN3O2S/c1-11-4-3-5-12(8-11)22-17(25)10-16-18(26)24(2)19(27-16)23-13-6-7-15(21)14(20)9-13/h3-9,16H,10H2,1-2H3,(H,22,25). The van der Waals surface area contributed by atoms with E-state index in [4.69, 9.17) is 11.6 Å². The molecule has 0 aromatic heterocycles. The molecule has 1 unspecified atom stereocenters. The summed E-state index contributed by atoms with van der Waals surface area (Å²) in [5.41, 5.74) is 2.17. The number of nitrogens with one attached hydrogen (secondary N) is 1.